The van der Waals surface area contributed by atoms with E-state index in [1.165, 1.54) is 6.07 Å². The van der Waals surface area contributed by atoms with Crippen LogP contribution in [0.25, 0.3) is 0 Å². The van der Waals surface area contributed by atoms with Gasteiger partial charge in [0.15, 0.2) is 0 Å². The highest BCUT2D eigenvalue weighted by molar-refractivity contribution is 5.42. The summed E-state index contributed by atoms with van der Waals surface area (Å²) >= 11 is 0. The van der Waals surface area contributed by atoms with E-state index in [1.54, 1.807) is 6.07 Å². The molecular weight excluding hydrogens is 379 g/mol. The zero-order valence-corrected chi connectivity index (χ0v) is 16.7. The minimum Gasteiger partial charge on any atom is -0.356 e. The molecule has 0 radical (unpaired) electrons. The van der Waals surface area contributed by atoms with Crippen LogP contribution in [0.5, 0.6) is 0 Å². The Hall–Kier alpha value is -2.09. The molecule has 2 N–H and O–H groups in total. The highest BCUT2D eigenvalue weighted by Crippen LogP contribution is 2.40. The van der Waals surface area contributed by atoms with Gasteiger partial charge in [0.2, 0.25) is 0 Å². The van der Waals surface area contributed by atoms with Crippen LogP contribution in [0.2, 0.25) is 0 Å². The summed E-state index contributed by atoms with van der Waals surface area (Å²) in [6.07, 6.45) is 3.02. The van der Waals surface area contributed by atoms with Gasteiger partial charge < -0.3 is 15.2 Å². The van der Waals surface area contributed by atoms with Crippen LogP contribution in [0.3, 0.4) is 0 Å². The molecule has 0 aromatic carbocycles. The van der Waals surface area contributed by atoms with E-state index in [2.05, 4.69) is 27.2 Å². The molecule has 3 atom stereocenters. The van der Waals surface area contributed by atoms with Gasteiger partial charge in [-0.05, 0) is 43.2 Å². The number of nitrogens with one attached hydrogen (secondary N) is 2. The number of fused-ring (bicyclic) bond motifs is 1. The summed E-state index contributed by atoms with van der Waals surface area (Å²) in [6, 6.07) is 4.53. The second-order valence-electron chi connectivity index (χ2n) is 8.21. The van der Waals surface area contributed by atoms with E-state index in [1.807, 2.05) is 11.1 Å². The maximum absolute atomic E-state index is 13.0. The molecule has 1 aliphatic heterocycles. The van der Waals surface area contributed by atoms with Gasteiger partial charge in [-0.15, -0.1) is 0 Å². The molecule has 5 nitrogen and oxygen atoms in total. The number of unbranched alkanes of at least 4 members (excludes halogenated alkanes) is 1. The van der Waals surface area contributed by atoms with Crippen molar-refractivity contribution in [2.24, 2.45) is 11.8 Å². The summed E-state index contributed by atoms with van der Waals surface area (Å²) < 4.78 is 38.9. The molecule has 3 heterocycles. The van der Waals surface area contributed by atoms with Gasteiger partial charge in [0.05, 0.1) is 5.69 Å². The molecule has 0 amide bonds. The molecule has 8 heteroatoms. The number of H-pyrrole nitrogens is 1. The number of aromatic nitrogens is 3. The second kappa shape index (κ2) is 8.34. The molecule has 1 aliphatic carbocycles. The Morgan fingerprint density at radius 3 is 2.86 bits per heavy atom. The summed E-state index contributed by atoms with van der Waals surface area (Å²) in [5.74, 6) is 2.41. The zero-order chi connectivity index (χ0) is 20.4. The van der Waals surface area contributed by atoms with E-state index in [0.717, 1.165) is 69.3 Å². The standard InChI is InChI=1S/C21H28F3N5/c1-2-3-6-19-26-11-15(27-19)10-25-17-9-8-14-12-29(13-16(14)17)20-7-4-5-18(28-20)21(22,23)24/h4-5,7,11,14,16-17,25H,2-3,6,8-10,12-13H2,1H3,(H,26,27)/t14-,16+,17+/m1/s1. The van der Waals surface area contributed by atoms with Gasteiger partial charge in [0, 0.05) is 38.3 Å². The molecular formula is C21H28F3N5. The Morgan fingerprint density at radius 1 is 1.21 bits per heavy atom. The van der Waals surface area contributed by atoms with Gasteiger partial charge in [0.1, 0.15) is 17.3 Å². The summed E-state index contributed by atoms with van der Waals surface area (Å²) in [5.41, 5.74) is 0.202. The molecule has 0 bridgehead atoms. The van der Waals surface area contributed by atoms with Crippen LogP contribution in [-0.4, -0.2) is 34.1 Å². The molecule has 4 rings (SSSR count). The lowest BCUT2D eigenvalue weighted by Crippen LogP contribution is -2.35. The van der Waals surface area contributed by atoms with Crippen LogP contribution in [0.4, 0.5) is 19.0 Å². The van der Waals surface area contributed by atoms with Crippen molar-refractivity contribution in [3.8, 4) is 0 Å². The lowest BCUT2D eigenvalue weighted by Gasteiger charge is -2.22. The monoisotopic (exact) mass is 407 g/mol. The third-order valence-corrected chi connectivity index (χ3v) is 6.20. The Balaban J connectivity index is 1.35. The van der Waals surface area contributed by atoms with Crippen molar-refractivity contribution < 1.29 is 13.2 Å². The van der Waals surface area contributed by atoms with Crippen LogP contribution in [0, 0.1) is 11.8 Å². The number of rotatable bonds is 7. The minimum absolute atomic E-state index is 0.367. The van der Waals surface area contributed by atoms with Gasteiger partial charge in [-0.3, -0.25) is 0 Å². The van der Waals surface area contributed by atoms with Crippen molar-refractivity contribution in [1.29, 1.82) is 0 Å². The molecule has 1 saturated heterocycles. The number of hydrogen-bond acceptors (Lipinski definition) is 4. The number of imidazole rings is 1. The Bertz CT molecular complexity index is 819. The summed E-state index contributed by atoms with van der Waals surface area (Å²) in [4.78, 5) is 13.8. The van der Waals surface area contributed by atoms with Gasteiger partial charge in [-0.25, -0.2) is 9.97 Å². The largest absolute Gasteiger partial charge is 0.433 e. The molecule has 2 fully saturated rings. The quantitative estimate of drug-likeness (QED) is 0.723. The summed E-state index contributed by atoms with van der Waals surface area (Å²) in [5, 5.41) is 3.64. The molecule has 2 aromatic heterocycles. The number of aromatic amines is 1. The Morgan fingerprint density at radius 2 is 2.07 bits per heavy atom. The van der Waals surface area contributed by atoms with E-state index in [0.29, 0.717) is 23.7 Å². The fraction of sp³-hybridized carbons (Fsp3) is 0.619. The van der Waals surface area contributed by atoms with Crippen LogP contribution in [-0.2, 0) is 19.1 Å². The van der Waals surface area contributed by atoms with E-state index in [4.69, 9.17) is 0 Å². The van der Waals surface area contributed by atoms with Gasteiger partial charge in [-0.1, -0.05) is 19.4 Å². The van der Waals surface area contributed by atoms with E-state index >= 15 is 0 Å². The van der Waals surface area contributed by atoms with Crippen molar-refractivity contribution in [2.45, 2.75) is 57.8 Å². The lowest BCUT2D eigenvalue weighted by molar-refractivity contribution is -0.141. The number of aryl methyl sites for hydroxylation is 1. The topological polar surface area (TPSA) is 56.8 Å². The van der Waals surface area contributed by atoms with Gasteiger partial charge in [-0.2, -0.15) is 13.2 Å². The molecule has 2 aromatic rings. The van der Waals surface area contributed by atoms with Crippen LogP contribution < -0.4 is 10.2 Å². The third kappa shape index (κ3) is 4.57. The number of hydrogen-bond donors (Lipinski definition) is 2. The first kappa shape index (κ1) is 20.2. The maximum Gasteiger partial charge on any atom is 0.433 e. The average Bonchev–Trinajstić information content (AvgIpc) is 3.40. The SMILES string of the molecule is CCCCc1nc(CN[C@H]2CC[C@@H]3CN(c4cccc(C(F)(F)F)n4)C[C@@H]32)c[nH]1. The summed E-state index contributed by atoms with van der Waals surface area (Å²) in [6.45, 7) is 4.42. The molecule has 29 heavy (non-hydrogen) atoms. The third-order valence-electron chi connectivity index (χ3n) is 6.20. The summed E-state index contributed by atoms with van der Waals surface area (Å²) in [7, 11) is 0. The normalized spacial score (nSPS) is 24.3. The van der Waals surface area contributed by atoms with Crippen LogP contribution >= 0.6 is 0 Å². The second-order valence-corrected chi connectivity index (χ2v) is 8.21. The fourth-order valence-electron chi connectivity index (χ4n) is 4.67. The zero-order valence-electron chi connectivity index (χ0n) is 16.7. The van der Waals surface area contributed by atoms with Crippen LogP contribution in [0.15, 0.2) is 24.4 Å². The average molecular weight is 407 g/mol. The minimum atomic E-state index is -4.41. The predicted molar refractivity (Wildman–Crippen MR) is 105 cm³/mol. The van der Waals surface area contributed by atoms with Crippen molar-refractivity contribution >= 4 is 5.82 Å². The molecule has 1 saturated carbocycles. The lowest BCUT2D eigenvalue weighted by atomic mass is 9.98. The van der Waals surface area contributed by atoms with E-state index in [9.17, 15) is 13.2 Å². The Kier molecular flexibility index (Phi) is 5.81. The smallest absolute Gasteiger partial charge is 0.356 e. The number of alkyl halides is 3. The first-order chi connectivity index (χ1) is 13.9. The highest BCUT2D eigenvalue weighted by Gasteiger charge is 2.43. The van der Waals surface area contributed by atoms with E-state index < -0.39 is 11.9 Å². The first-order valence-corrected chi connectivity index (χ1v) is 10.5. The molecule has 0 spiro atoms. The van der Waals surface area contributed by atoms with Crippen molar-refractivity contribution in [1.82, 2.24) is 20.3 Å². The first-order valence-electron chi connectivity index (χ1n) is 10.5. The van der Waals surface area contributed by atoms with E-state index in [-0.39, 0.29) is 0 Å². The van der Waals surface area contributed by atoms with Gasteiger partial charge in [0.25, 0.3) is 0 Å². The molecule has 0 unspecified atom stereocenters. The van der Waals surface area contributed by atoms with Crippen molar-refractivity contribution in [3.05, 3.63) is 41.6 Å². The molecule has 2 aliphatic rings. The predicted octanol–water partition coefficient (Wildman–Crippen LogP) is 4.17. The van der Waals surface area contributed by atoms with Crippen molar-refractivity contribution in [3.63, 3.8) is 0 Å². The highest BCUT2D eigenvalue weighted by atomic mass is 19.4. The molecule has 158 valence electrons. The number of halogens is 3. The number of anilines is 1. The number of nitrogens with zero attached hydrogens (tertiary/aromatic N) is 3. The Labute approximate surface area is 169 Å². The van der Waals surface area contributed by atoms with Crippen molar-refractivity contribution in [2.75, 3.05) is 18.0 Å². The fourth-order valence-corrected chi connectivity index (χ4v) is 4.67. The maximum atomic E-state index is 13.0. The van der Waals surface area contributed by atoms with Gasteiger partial charge >= 0.3 is 6.18 Å². The number of pyridine rings is 1. The van der Waals surface area contributed by atoms with Crippen LogP contribution in [0.1, 0.15) is 49.8 Å².